The Bertz CT molecular complexity index is 1830. The van der Waals surface area contributed by atoms with E-state index in [1.807, 2.05) is 54.8 Å². The van der Waals surface area contributed by atoms with Gasteiger partial charge < -0.3 is 4.98 Å². The minimum absolute atomic E-state index is 0. The molecule has 0 saturated carbocycles. The van der Waals surface area contributed by atoms with E-state index in [0.717, 1.165) is 29.9 Å². The molecule has 0 atom stereocenters. The summed E-state index contributed by atoms with van der Waals surface area (Å²) in [6.07, 6.45) is 4.21. The zero-order valence-electron chi connectivity index (χ0n) is 22.5. The van der Waals surface area contributed by atoms with E-state index in [1.54, 1.807) is 0 Å². The molecule has 3 heterocycles. The van der Waals surface area contributed by atoms with Gasteiger partial charge in [0.15, 0.2) is 6.54 Å². The van der Waals surface area contributed by atoms with Crippen molar-refractivity contribution in [3.63, 3.8) is 0 Å². The molecule has 1 aliphatic rings. The van der Waals surface area contributed by atoms with Crippen LogP contribution < -0.4 is 4.58 Å². The number of fused-ring (bicyclic) bond motifs is 4. The Balaban J connectivity index is 0.000000195. The summed E-state index contributed by atoms with van der Waals surface area (Å²) in [6.45, 7) is 5.25. The standard InChI is InChI=1S/C23H19N2S.C12H10N.Ir/c1-2-3-14-24-16-25(21-10-6-5-9-20(21)24)17-12-13-19-18-8-4-7-11-22(18)26-23(19)15-17;1-10-7-8-12(13-9-10)11-5-3-2-4-6-11;/h4-11,13,15H,2-3,14H2,1H3;2-5,7-9H,1H3;/q+1;-1;. The average molecular weight is 716 g/mol. The molecule has 0 aliphatic carbocycles. The molecule has 0 unspecified atom stereocenters. The fourth-order valence-corrected chi connectivity index (χ4v) is 5.86. The Morgan fingerprint density at radius 3 is 2.42 bits per heavy atom. The first-order chi connectivity index (χ1) is 19.2. The predicted octanol–water partition coefficient (Wildman–Crippen LogP) is 9.18. The fraction of sp³-hybridized carbons (Fsp3) is 0.143. The summed E-state index contributed by atoms with van der Waals surface area (Å²) in [6, 6.07) is 43.6. The molecule has 3 nitrogen and oxygen atoms in total. The molecular formula is C35H29IrN3S. The second kappa shape index (κ2) is 12.6. The molecular weight excluding hydrogens is 687 g/mol. The van der Waals surface area contributed by atoms with E-state index in [1.165, 1.54) is 43.5 Å². The number of pyridine rings is 1. The van der Waals surface area contributed by atoms with Crippen molar-refractivity contribution in [1.29, 1.82) is 0 Å². The third-order valence-corrected chi connectivity index (χ3v) is 7.94. The molecule has 199 valence electrons. The average Bonchev–Trinajstić information content (AvgIpc) is 3.55. The Labute approximate surface area is 253 Å². The van der Waals surface area contributed by atoms with E-state index < -0.39 is 0 Å². The molecule has 0 fully saturated rings. The third kappa shape index (κ3) is 5.75. The molecule has 1 radical (unpaired) electrons. The Morgan fingerprint density at radius 2 is 1.65 bits per heavy atom. The molecule has 0 spiro atoms. The maximum atomic E-state index is 4.32. The number of rotatable bonds is 5. The van der Waals surface area contributed by atoms with Gasteiger partial charge in [0.2, 0.25) is 0 Å². The zero-order valence-corrected chi connectivity index (χ0v) is 25.7. The molecule has 0 amide bonds. The first kappa shape index (κ1) is 27.8. The van der Waals surface area contributed by atoms with Crippen molar-refractivity contribution >= 4 is 54.6 Å². The molecule has 0 N–H and O–H groups in total. The van der Waals surface area contributed by atoms with Crippen LogP contribution in [0.15, 0.2) is 103 Å². The van der Waals surface area contributed by atoms with Gasteiger partial charge in [-0.15, -0.1) is 47.3 Å². The SMILES string of the molecule is CCCC[N+]1=C=[N+](c2[c-]cc3c(c2)sc2ccccc23)c2ccccc21.Cc1ccc(-c2[c-]cccc2)nc1.[Ir]. The molecule has 0 bridgehead atoms. The van der Waals surface area contributed by atoms with E-state index >= 15 is 0 Å². The largest absolute Gasteiger partial charge is 0.494 e. The third-order valence-electron chi connectivity index (χ3n) is 6.80. The van der Waals surface area contributed by atoms with Crippen molar-refractivity contribution in [1.82, 2.24) is 9.56 Å². The molecule has 1 aliphatic heterocycles. The van der Waals surface area contributed by atoms with Crippen LogP contribution in [0.3, 0.4) is 0 Å². The van der Waals surface area contributed by atoms with Crippen LogP contribution in [-0.2, 0) is 20.1 Å². The number of para-hydroxylation sites is 2. The smallest absolute Gasteiger partial charge is 0.304 e. The van der Waals surface area contributed by atoms with E-state index in [4.69, 9.17) is 0 Å². The van der Waals surface area contributed by atoms with Crippen LogP contribution in [0.2, 0.25) is 0 Å². The molecule has 40 heavy (non-hydrogen) atoms. The van der Waals surface area contributed by atoms with Crippen molar-refractivity contribution in [2.24, 2.45) is 0 Å². The van der Waals surface area contributed by atoms with Crippen molar-refractivity contribution in [2.75, 3.05) is 6.54 Å². The van der Waals surface area contributed by atoms with Crippen LogP contribution in [0.5, 0.6) is 0 Å². The van der Waals surface area contributed by atoms with Crippen LogP contribution in [0.1, 0.15) is 25.3 Å². The number of aromatic nitrogens is 1. The summed E-state index contributed by atoms with van der Waals surface area (Å²) in [5.74, 6) is 0. The quantitative estimate of drug-likeness (QED) is 0.129. The summed E-state index contributed by atoms with van der Waals surface area (Å²) < 4.78 is 7.01. The fourth-order valence-electron chi connectivity index (χ4n) is 4.74. The second-order valence-electron chi connectivity index (χ2n) is 9.62. The minimum atomic E-state index is 0. The van der Waals surface area contributed by atoms with Gasteiger partial charge in [-0.1, -0.05) is 81.1 Å². The molecule has 6 aromatic rings. The molecule has 2 aromatic heterocycles. The minimum Gasteiger partial charge on any atom is -0.304 e. The summed E-state index contributed by atoms with van der Waals surface area (Å²) in [7, 11) is 0. The molecule has 5 heteroatoms. The van der Waals surface area contributed by atoms with Crippen molar-refractivity contribution in [2.45, 2.75) is 26.7 Å². The van der Waals surface area contributed by atoms with Crippen molar-refractivity contribution in [3.05, 3.63) is 121 Å². The Morgan fingerprint density at radius 1 is 0.850 bits per heavy atom. The number of hydrogen-bond acceptors (Lipinski definition) is 2. The topological polar surface area (TPSA) is 18.9 Å². The van der Waals surface area contributed by atoms with Gasteiger partial charge in [-0.05, 0) is 24.2 Å². The Kier molecular flexibility index (Phi) is 8.79. The normalized spacial score (nSPS) is 11.8. The summed E-state index contributed by atoms with van der Waals surface area (Å²) in [5.41, 5.74) is 6.66. The first-order valence-electron chi connectivity index (χ1n) is 13.4. The van der Waals surface area contributed by atoms with Gasteiger partial charge in [-0.25, -0.2) is 0 Å². The van der Waals surface area contributed by atoms with Crippen molar-refractivity contribution in [3.8, 4) is 11.3 Å². The van der Waals surface area contributed by atoms with Gasteiger partial charge in [0.25, 0.3) is 11.4 Å². The van der Waals surface area contributed by atoms with Gasteiger partial charge in [-0.3, -0.25) is 0 Å². The van der Waals surface area contributed by atoms with Gasteiger partial charge in [0.05, 0.1) is 0 Å². The Hall–Kier alpha value is -3.72. The number of benzene rings is 4. The first-order valence-corrected chi connectivity index (χ1v) is 14.2. The summed E-state index contributed by atoms with van der Waals surface area (Å²) in [4.78, 5) is 4.32. The van der Waals surface area contributed by atoms with Crippen LogP contribution in [0, 0.1) is 19.1 Å². The number of hydrogen-bond donors (Lipinski definition) is 0. The molecule has 0 saturated heterocycles. The van der Waals surface area contributed by atoms with Crippen molar-refractivity contribution < 1.29 is 24.7 Å². The van der Waals surface area contributed by atoms with Gasteiger partial charge in [-0.2, -0.15) is 17.4 Å². The van der Waals surface area contributed by atoms with E-state index in [9.17, 15) is 0 Å². The van der Waals surface area contributed by atoms with Gasteiger partial charge >= 0.3 is 6.01 Å². The molecule has 4 aromatic carbocycles. The van der Waals surface area contributed by atoms with Crippen LogP contribution in [0.4, 0.5) is 17.1 Å². The summed E-state index contributed by atoms with van der Waals surface area (Å²) in [5, 5.41) is 2.60. The second-order valence-corrected chi connectivity index (χ2v) is 10.7. The number of nitrogens with zero attached hydrogens (tertiary/aromatic N) is 3. The van der Waals surface area contributed by atoms with E-state index in [2.05, 4.69) is 106 Å². The van der Waals surface area contributed by atoms with E-state index in [-0.39, 0.29) is 20.1 Å². The molecule has 7 rings (SSSR count). The number of thiophene rings is 1. The number of aryl methyl sites for hydroxylation is 1. The maximum absolute atomic E-state index is 4.32. The monoisotopic (exact) mass is 716 g/mol. The van der Waals surface area contributed by atoms with Crippen LogP contribution in [-0.4, -0.2) is 22.1 Å². The summed E-state index contributed by atoms with van der Waals surface area (Å²) >= 11 is 1.84. The van der Waals surface area contributed by atoms with E-state index in [0.29, 0.717) is 0 Å². The van der Waals surface area contributed by atoms with Crippen LogP contribution in [0.25, 0.3) is 31.4 Å². The maximum Gasteiger partial charge on any atom is 0.494 e. The van der Waals surface area contributed by atoms with Crippen LogP contribution >= 0.6 is 11.3 Å². The van der Waals surface area contributed by atoms with Gasteiger partial charge in [0, 0.05) is 49.6 Å². The zero-order chi connectivity index (χ0) is 26.6. The van der Waals surface area contributed by atoms with Gasteiger partial charge in [0.1, 0.15) is 5.69 Å². The predicted molar refractivity (Wildman–Crippen MR) is 164 cm³/mol. The number of unbranched alkanes of at least 4 members (excludes halogenated alkanes) is 1.